The molecule has 1 aliphatic heterocycles. The maximum atomic E-state index is 5.67. The Hall–Kier alpha value is -2.89. The van der Waals surface area contributed by atoms with E-state index < -0.39 is 0 Å². The third kappa shape index (κ3) is 2.18. The molecule has 1 aliphatic rings. The molecule has 1 aromatic carbocycles. The SMILES string of the molecule is Cc1cnc(-n2cnnc2)c(-c2ccc3c(c2)OCCO3)c1. The van der Waals surface area contributed by atoms with Crippen LogP contribution in [0.15, 0.2) is 43.1 Å². The van der Waals surface area contributed by atoms with Crippen molar-refractivity contribution >= 4 is 0 Å². The van der Waals surface area contributed by atoms with Crippen molar-refractivity contribution in [1.29, 1.82) is 0 Å². The first-order valence-electron chi connectivity index (χ1n) is 7.03. The molecule has 0 radical (unpaired) electrons. The van der Waals surface area contributed by atoms with E-state index in [1.165, 1.54) is 0 Å². The second kappa shape index (κ2) is 5.14. The van der Waals surface area contributed by atoms with Gasteiger partial charge >= 0.3 is 0 Å². The Morgan fingerprint density at radius 3 is 2.59 bits per heavy atom. The first-order chi connectivity index (χ1) is 10.8. The van der Waals surface area contributed by atoms with Gasteiger partial charge in [0.2, 0.25) is 0 Å². The van der Waals surface area contributed by atoms with Crippen LogP contribution in [0.25, 0.3) is 16.9 Å². The molecule has 0 spiro atoms. The normalized spacial score (nSPS) is 13.1. The zero-order valence-electron chi connectivity index (χ0n) is 12.1. The number of aryl methyl sites for hydroxylation is 1. The summed E-state index contributed by atoms with van der Waals surface area (Å²) < 4.78 is 13.0. The van der Waals surface area contributed by atoms with Crippen LogP contribution in [-0.2, 0) is 0 Å². The van der Waals surface area contributed by atoms with E-state index in [1.807, 2.05) is 31.3 Å². The second-order valence-electron chi connectivity index (χ2n) is 5.11. The molecule has 0 saturated heterocycles. The summed E-state index contributed by atoms with van der Waals surface area (Å²) in [5.41, 5.74) is 3.10. The van der Waals surface area contributed by atoms with Crippen molar-refractivity contribution in [3.8, 4) is 28.4 Å². The zero-order chi connectivity index (χ0) is 14.9. The smallest absolute Gasteiger partial charge is 0.161 e. The predicted octanol–water partition coefficient (Wildman–Crippen LogP) is 2.41. The molecule has 0 amide bonds. The Morgan fingerprint density at radius 2 is 1.77 bits per heavy atom. The predicted molar refractivity (Wildman–Crippen MR) is 80.3 cm³/mol. The highest BCUT2D eigenvalue weighted by Crippen LogP contribution is 2.36. The van der Waals surface area contributed by atoms with Crippen LogP contribution in [0.1, 0.15) is 5.56 Å². The van der Waals surface area contributed by atoms with Gasteiger partial charge in [-0.25, -0.2) is 4.98 Å². The Labute approximate surface area is 127 Å². The largest absolute Gasteiger partial charge is 0.486 e. The van der Waals surface area contributed by atoms with E-state index in [0.717, 1.165) is 34.0 Å². The molecule has 3 heterocycles. The quantitative estimate of drug-likeness (QED) is 0.726. The van der Waals surface area contributed by atoms with Gasteiger partial charge < -0.3 is 9.47 Å². The van der Waals surface area contributed by atoms with Crippen molar-refractivity contribution in [2.75, 3.05) is 13.2 Å². The number of fused-ring (bicyclic) bond motifs is 1. The molecule has 0 unspecified atom stereocenters. The summed E-state index contributed by atoms with van der Waals surface area (Å²) in [5.74, 6) is 2.33. The number of hydrogen-bond donors (Lipinski definition) is 0. The van der Waals surface area contributed by atoms with E-state index in [2.05, 4.69) is 21.2 Å². The molecule has 22 heavy (non-hydrogen) atoms. The molecular formula is C16H14N4O2. The van der Waals surface area contributed by atoms with Crippen molar-refractivity contribution in [2.24, 2.45) is 0 Å². The lowest BCUT2D eigenvalue weighted by atomic mass is 10.0. The molecule has 0 saturated carbocycles. The third-order valence-electron chi connectivity index (χ3n) is 3.52. The monoisotopic (exact) mass is 294 g/mol. The summed E-state index contributed by atoms with van der Waals surface area (Å²) >= 11 is 0. The van der Waals surface area contributed by atoms with Gasteiger partial charge in [0.05, 0.1) is 0 Å². The average molecular weight is 294 g/mol. The van der Waals surface area contributed by atoms with E-state index in [0.29, 0.717) is 13.2 Å². The minimum atomic E-state index is 0.570. The van der Waals surface area contributed by atoms with E-state index in [1.54, 1.807) is 17.2 Å². The Bertz CT molecular complexity index is 815. The Balaban J connectivity index is 1.87. The number of pyridine rings is 1. The fourth-order valence-electron chi connectivity index (χ4n) is 2.50. The molecule has 0 N–H and O–H groups in total. The van der Waals surface area contributed by atoms with Gasteiger partial charge in [-0.15, -0.1) is 10.2 Å². The van der Waals surface area contributed by atoms with Crippen LogP contribution in [0.5, 0.6) is 11.5 Å². The van der Waals surface area contributed by atoms with E-state index in [9.17, 15) is 0 Å². The molecule has 4 rings (SSSR count). The van der Waals surface area contributed by atoms with Gasteiger partial charge in [0.25, 0.3) is 0 Å². The first-order valence-corrected chi connectivity index (χ1v) is 7.03. The molecule has 0 atom stereocenters. The Morgan fingerprint density at radius 1 is 1.00 bits per heavy atom. The van der Waals surface area contributed by atoms with Crippen LogP contribution in [0, 0.1) is 6.92 Å². The van der Waals surface area contributed by atoms with E-state index in [4.69, 9.17) is 9.47 Å². The molecule has 0 bridgehead atoms. The van der Waals surface area contributed by atoms with Crippen LogP contribution < -0.4 is 9.47 Å². The average Bonchev–Trinajstić information content (AvgIpc) is 3.08. The molecular weight excluding hydrogens is 280 g/mol. The highest BCUT2D eigenvalue weighted by atomic mass is 16.6. The topological polar surface area (TPSA) is 62.1 Å². The van der Waals surface area contributed by atoms with Crippen molar-refractivity contribution in [3.05, 3.63) is 48.7 Å². The van der Waals surface area contributed by atoms with Crippen LogP contribution in [-0.4, -0.2) is 33.0 Å². The summed E-state index contributed by atoms with van der Waals surface area (Å²) in [4.78, 5) is 4.52. The summed E-state index contributed by atoms with van der Waals surface area (Å²) in [6, 6.07) is 8.02. The number of rotatable bonds is 2. The minimum Gasteiger partial charge on any atom is -0.486 e. The molecule has 6 heteroatoms. The second-order valence-corrected chi connectivity index (χ2v) is 5.11. The summed E-state index contributed by atoms with van der Waals surface area (Å²) in [6.07, 6.45) is 5.11. The fraction of sp³-hybridized carbons (Fsp3) is 0.188. The molecule has 110 valence electrons. The van der Waals surface area contributed by atoms with Crippen molar-refractivity contribution in [1.82, 2.24) is 19.7 Å². The molecule has 6 nitrogen and oxygen atoms in total. The summed E-state index contributed by atoms with van der Waals surface area (Å²) in [5, 5.41) is 7.71. The number of ether oxygens (including phenoxy) is 2. The van der Waals surface area contributed by atoms with Gasteiger partial charge in [-0.05, 0) is 36.2 Å². The van der Waals surface area contributed by atoms with Crippen LogP contribution in [0.3, 0.4) is 0 Å². The maximum Gasteiger partial charge on any atom is 0.161 e. The van der Waals surface area contributed by atoms with E-state index >= 15 is 0 Å². The fourth-order valence-corrected chi connectivity index (χ4v) is 2.50. The first kappa shape index (κ1) is 12.8. The van der Waals surface area contributed by atoms with Crippen LogP contribution >= 0.6 is 0 Å². The zero-order valence-corrected chi connectivity index (χ0v) is 12.1. The van der Waals surface area contributed by atoms with Gasteiger partial charge in [-0.3, -0.25) is 4.57 Å². The van der Waals surface area contributed by atoms with Gasteiger partial charge in [0.15, 0.2) is 11.5 Å². The lowest BCUT2D eigenvalue weighted by Gasteiger charge is -2.19. The number of hydrogen-bond acceptors (Lipinski definition) is 5. The lowest BCUT2D eigenvalue weighted by molar-refractivity contribution is 0.171. The summed E-state index contributed by atoms with van der Waals surface area (Å²) in [6.45, 7) is 3.18. The number of benzene rings is 1. The van der Waals surface area contributed by atoms with Crippen molar-refractivity contribution < 1.29 is 9.47 Å². The van der Waals surface area contributed by atoms with Gasteiger partial charge in [0.1, 0.15) is 31.7 Å². The Kier molecular flexibility index (Phi) is 3.00. The molecule has 3 aromatic rings. The molecule has 0 fully saturated rings. The van der Waals surface area contributed by atoms with Crippen molar-refractivity contribution in [3.63, 3.8) is 0 Å². The van der Waals surface area contributed by atoms with Crippen LogP contribution in [0.2, 0.25) is 0 Å². The van der Waals surface area contributed by atoms with Gasteiger partial charge in [-0.2, -0.15) is 0 Å². The third-order valence-corrected chi connectivity index (χ3v) is 3.52. The molecule has 0 aliphatic carbocycles. The van der Waals surface area contributed by atoms with Crippen LogP contribution in [0.4, 0.5) is 0 Å². The van der Waals surface area contributed by atoms with Crippen molar-refractivity contribution in [2.45, 2.75) is 6.92 Å². The molecule has 2 aromatic heterocycles. The van der Waals surface area contributed by atoms with Gasteiger partial charge in [0, 0.05) is 11.8 Å². The highest BCUT2D eigenvalue weighted by Gasteiger charge is 2.15. The van der Waals surface area contributed by atoms with Gasteiger partial charge in [-0.1, -0.05) is 6.07 Å². The number of nitrogens with zero attached hydrogens (tertiary/aromatic N) is 4. The summed E-state index contributed by atoms with van der Waals surface area (Å²) in [7, 11) is 0. The lowest BCUT2D eigenvalue weighted by Crippen LogP contribution is -2.15. The highest BCUT2D eigenvalue weighted by molar-refractivity contribution is 5.73. The number of aromatic nitrogens is 4. The maximum absolute atomic E-state index is 5.67. The minimum absolute atomic E-state index is 0.570. The van der Waals surface area contributed by atoms with E-state index in [-0.39, 0.29) is 0 Å². The standard InChI is InChI=1S/C16H14N4O2/c1-11-6-13(16(17-8-11)20-9-18-19-10-20)12-2-3-14-15(7-12)22-5-4-21-14/h2-3,6-10H,4-5H2,1H3.